The molecule has 1 saturated heterocycles. The number of esters is 1. The third-order valence-electron chi connectivity index (χ3n) is 5.71. The summed E-state index contributed by atoms with van der Waals surface area (Å²) < 4.78 is 5.40. The summed E-state index contributed by atoms with van der Waals surface area (Å²) in [4.78, 5) is 11.8. The quantitative estimate of drug-likeness (QED) is 0.515. The van der Waals surface area contributed by atoms with Crippen LogP contribution in [-0.2, 0) is 9.53 Å². The lowest BCUT2D eigenvalue weighted by Gasteiger charge is -2.57. The average Bonchev–Trinajstić information content (AvgIpc) is 2.52. The van der Waals surface area contributed by atoms with E-state index in [0.29, 0.717) is 12.8 Å². The summed E-state index contributed by atoms with van der Waals surface area (Å²) >= 11 is 0. The maximum absolute atomic E-state index is 11.8. The van der Waals surface area contributed by atoms with Crippen molar-refractivity contribution in [1.29, 1.82) is 0 Å². The minimum atomic E-state index is -1.29. The highest BCUT2D eigenvalue weighted by atomic mass is 16.6. The zero-order chi connectivity index (χ0) is 14.1. The number of ether oxygens (including phenoxy) is 1. The van der Waals surface area contributed by atoms with Gasteiger partial charge in [0.1, 0.15) is 11.7 Å². The van der Waals surface area contributed by atoms with Crippen LogP contribution in [0.5, 0.6) is 0 Å². The molecule has 2 saturated carbocycles. The Hall–Kier alpha value is -0.870. The van der Waals surface area contributed by atoms with Crippen molar-refractivity contribution in [3.63, 3.8) is 0 Å². The van der Waals surface area contributed by atoms with Crippen molar-refractivity contribution >= 4 is 5.97 Å². The fraction of sp³-hybridized carbons (Fsp3) is 0.800. The molecule has 0 spiro atoms. The number of rotatable bonds is 0. The molecule has 3 rings (SSSR count). The van der Waals surface area contributed by atoms with E-state index >= 15 is 0 Å². The number of carbonyl (C=O) groups is 1. The van der Waals surface area contributed by atoms with Gasteiger partial charge >= 0.3 is 5.97 Å². The molecule has 5 atom stereocenters. The predicted octanol–water partition coefficient (Wildman–Crippen LogP) is 1.55. The van der Waals surface area contributed by atoms with E-state index in [9.17, 15) is 15.0 Å². The van der Waals surface area contributed by atoms with E-state index in [2.05, 4.69) is 13.5 Å². The highest BCUT2D eigenvalue weighted by Gasteiger charge is 2.66. The molecule has 0 aromatic heterocycles. The Morgan fingerprint density at radius 3 is 2.58 bits per heavy atom. The zero-order valence-electron chi connectivity index (χ0n) is 11.6. The Morgan fingerprint density at radius 2 is 1.89 bits per heavy atom. The second kappa shape index (κ2) is 3.61. The van der Waals surface area contributed by atoms with Crippen LogP contribution in [0.1, 0.15) is 46.0 Å². The number of fused-ring (bicyclic) bond motifs is 3. The van der Waals surface area contributed by atoms with Gasteiger partial charge in [-0.2, -0.15) is 0 Å². The first-order valence-electron chi connectivity index (χ1n) is 7.06. The molecule has 0 amide bonds. The van der Waals surface area contributed by atoms with Gasteiger partial charge in [-0.15, -0.1) is 0 Å². The summed E-state index contributed by atoms with van der Waals surface area (Å²) in [5, 5.41) is 21.5. The maximum Gasteiger partial charge on any atom is 0.336 e. The lowest BCUT2D eigenvalue weighted by atomic mass is 9.51. The van der Waals surface area contributed by atoms with Crippen LogP contribution < -0.4 is 0 Å². The summed E-state index contributed by atoms with van der Waals surface area (Å²) in [6, 6.07) is 0. The molecule has 0 radical (unpaired) electrons. The van der Waals surface area contributed by atoms with Crippen molar-refractivity contribution in [2.24, 2.45) is 11.3 Å². The Morgan fingerprint density at radius 1 is 1.21 bits per heavy atom. The van der Waals surface area contributed by atoms with Crippen LogP contribution in [0.25, 0.3) is 0 Å². The first kappa shape index (κ1) is 13.1. The molecule has 5 unspecified atom stereocenters. The van der Waals surface area contributed by atoms with Gasteiger partial charge in [0.25, 0.3) is 0 Å². The summed E-state index contributed by atoms with van der Waals surface area (Å²) in [6.45, 7) is 7.63. The average molecular weight is 266 g/mol. The van der Waals surface area contributed by atoms with E-state index in [1.807, 2.05) is 0 Å². The molecule has 2 N–H and O–H groups in total. The van der Waals surface area contributed by atoms with Crippen LogP contribution in [-0.4, -0.2) is 33.5 Å². The Bertz CT molecular complexity index is 455. The molecular formula is C15H22O4. The zero-order valence-corrected chi connectivity index (χ0v) is 11.6. The van der Waals surface area contributed by atoms with Crippen LogP contribution in [0.15, 0.2) is 12.2 Å². The SMILES string of the molecule is C=C1C(=O)OC2C3C(C)(O)CCCC3(C)CCC12O. The van der Waals surface area contributed by atoms with E-state index < -0.39 is 23.3 Å². The second-order valence-corrected chi connectivity index (χ2v) is 7.07. The van der Waals surface area contributed by atoms with Gasteiger partial charge < -0.3 is 14.9 Å². The number of carbonyl (C=O) groups excluding carboxylic acids is 1. The molecule has 1 aliphatic heterocycles. The number of hydrogen-bond donors (Lipinski definition) is 2. The molecule has 2 aliphatic carbocycles. The third kappa shape index (κ3) is 1.56. The highest BCUT2D eigenvalue weighted by Crippen LogP contribution is 2.59. The number of hydrogen-bond acceptors (Lipinski definition) is 4. The molecule has 0 aromatic carbocycles. The summed E-state index contributed by atoms with van der Waals surface area (Å²) in [5.74, 6) is -0.742. The van der Waals surface area contributed by atoms with Crippen molar-refractivity contribution in [1.82, 2.24) is 0 Å². The molecular weight excluding hydrogens is 244 g/mol. The molecule has 4 heteroatoms. The van der Waals surface area contributed by atoms with Crippen LogP contribution in [0.4, 0.5) is 0 Å². The smallest absolute Gasteiger partial charge is 0.336 e. The molecule has 0 bridgehead atoms. The van der Waals surface area contributed by atoms with Crippen LogP contribution >= 0.6 is 0 Å². The summed E-state index contributed by atoms with van der Waals surface area (Å²) in [7, 11) is 0. The standard InChI is InChI=1S/C15H22O4/c1-9-12(16)19-11-10-13(2,7-8-15(9,11)18)5-4-6-14(10,3)17/h10-11,17-18H,1,4-8H2,2-3H3. The molecule has 3 fully saturated rings. The molecule has 4 nitrogen and oxygen atoms in total. The summed E-state index contributed by atoms with van der Waals surface area (Å²) in [6.07, 6.45) is 3.29. The van der Waals surface area contributed by atoms with Crippen LogP contribution in [0.3, 0.4) is 0 Å². The van der Waals surface area contributed by atoms with Gasteiger partial charge in [-0.05, 0) is 38.0 Å². The molecule has 19 heavy (non-hydrogen) atoms. The molecule has 106 valence electrons. The maximum atomic E-state index is 11.8. The van der Waals surface area contributed by atoms with Gasteiger partial charge in [0.15, 0.2) is 0 Å². The van der Waals surface area contributed by atoms with E-state index in [4.69, 9.17) is 4.74 Å². The minimum Gasteiger partial charge on any atom is -0.455 e. The van der Waals surface area contributed by atoms with Gasteiger partial charge in [-0.25, -0.2) is 4.79 Å². The predicted molar refractivity (Wildman–Crippen MR) is 69.3 cm³/mol. The van der Waals surface area contributed by atoms with E-state index in [1.165, 1.54) is 0 Å². The lowest BCUT2D eigenvalue weighted by Crippen LogP contribution is -2.63. The highest BCUT2D eigenvalue weighted by molar-refractivity contribution is 5.93. The van der Waals surface area contributed by atoms with Crippen molar-refractivity contribution in [2.75, 3.05) is 0 Å². The van der Waals surface area contributed by atoms with Gasteiger partial charge in [0.2, 0.25) is 0 Å². The van der Waals surface area contributed by atoms with Gasteiger partial charge in [-0.3, -0.25) is 0 Å². The van der Waals surface area contributed by atoms with E-state index in [1.54, 1.807) is 6.92 Å². The van der Waals surface area contributed by atoms with Crippen molar-refractivity contribution < 1.29 is 19.7 Å². The molecule has 1 heterocycles. The first-order valence-corrected chi connectivity index (χ1v) is 7.06. The van der Waals surface area contributed by atoms with Gasteiger partial charge in [0, 0.05) is 5.92 Å². The normalized spacial score (nSPS) is 53.5. The van der Waals surface area contributed by atoms with E-state index in [0.717, 1.165) is 19.3 Å². The molecule has 0 aromatic rings. The van der Waals surface area contributed by atoms with Crippen molar-refractivity contribution in [3.05, 3.63) is 12.2 Å². The Balaban J connectivity index is 2.07. The number of aliphatic hydroxyl groups is 2. The lowest BCUT2D eigenvalue weighted by molar-refractivity contribution is -0.210. The van der Waals surface area contributed by atoms with E-state index in [-0.39, 0.29) is 16.9 Å². The van der Waals surface area contributed by atoms with Crippen molar-refractivity contribution in [2.45, 2.75) is 63.3 Å². The van der Waals surface area contributed by atoms with Crippen LogP contribution in [0, 0.1) is 11.3 Å². The second-order valence-electron chi connectivity index (χ2n) is 7.07. The van der Waals surface area contributed by atoms with Gasteiger partial charge in [0.05, 0.1) is 11.2 Å². The largest absolute Gasteiger partial charge is 0.455 e. The third-order valence-corrected chi connectivity index (χ3v) is 5.71. The Kier molecular flexibility index (Phi) is 2.50. The summed E-state index contributed by atoms with van der Waals surface area (Å²) in [5.41, 5.74) is -2.12. The fourth-order valence-electron chi connectivity index (χ4n) is 4.63. The fourth-order valence-corrected chi connectivity index (χ4v) is 4.63. The molecule has 3 aliphatic rings. The van der Waals surface area contributed by atoms with Crippen molar-refractivity contribution in [3.8, 4) is 0 Å². The Labute approximate surface area is 113 Å². The first-order chi connectivity index (χ1) is 8.71. The monoisotopic (exact) mass is 266 g/mol. The minimum absolute atomic E-state index is 0.0798. The van der Waals surface area contributed by atoms with Gasteiger partial charge in [-0.1, -0.05) is 19.9 Å². The topological polar surface area (TPSA) is 66.8 Å². The van der Waals surface area contributed by atoms with Crippen LogP contribution in [0.2, 0.25) is 0 Å².